The van der Waals surface area contributed by atoms with Crippen LogP contribution in [-0.2, 0) is 21.8 Å². The van der Waals surface area contributed by atoms with Gasteiger partial charge in [-0.1, -0.05) is 84.1 Å². The van der Waals surface area contributed by atoms with Crippen LogP contribution in [0.15, 0.2) is 82.7 Å². The quantitative estimate of drug-likeness (QED) is 0.0731. The Morgan fingerprint density at radius 1 is 1.02 bits per heavy atom. The summed E-state index contributed by atoms with van der Waals surface area (Å²) in [5.41, 5.74) is 3.16. The number of aromatic nitrogens is 2. The van der Waals surface area contributed by atoms with Crippen LogP contribution in [0.2, 0.25) is 5.02 Å². The molecule has 204 valence electrons. The molecule has 2 heterocycles. The van der Waals surface area contributed by atoms with Crippen molar-refractivity contribution < 1.29 is 19.4 Å². The number of aliphatic hydroxyl groups excluding tert-OH is 1. The number of nitrogens with zero attached hydrogens (tertiary/aromatic N) is 3. The average Bonchev–Trinajstić information content (AvgIpc) is 3.54. The minimum Gasteiger partial charge on any atom is -0.507 e. The highest BCUT2D eigenvalue weighted by molar-refractivity contribution is 8.00. The number of carbonyl (C=O) groups excluding carboxylic acids is 2. The van der Waals surface area contributed by atoms with Crippen LogP contribution in [0.4, 0.5) is 5.13 Å². The van der Waals surface area contributed by atoms with Crippen molar-refractivity contribution in [2.75, 3.05) is 11.5 Å². The van der Waals surface area contributed by atoms with Crippen LogP contribution in [0.3, 0.4) is 0 Å². The number of carbonyl (C=O) groups is 2. The summed E-state index contributed by atoms with van der Waals surface area (Å²) in [6, 6.07) is 21.1. The van der Waals surface area contributed by atoms with Gasteiger partial charge in [0.25, 0.3) is 5.78 Å². The molecule has 1 unspecified atom stereocenters. The third-order valence-corrected chi connectivity index (χ3v) is 8.97. The molecule has 1 amide bonds. The molecule has 7 nitrogen and oxygen atoms in total. The van der Waals surface area contributed by atoms with E-state index in [2.05, 4.69) is 17.1 Å². The molecule has 40 heavy (non-hydrogen) atoms. The van der Waals surface area contributed by atoms with E-state index in [9.17, 15) is 14.7 Å². The first-order valence-electron chi connectivity index (χ1n) is 12.7. The molecule has 1 atom stereocenters. The highest BCUT2D eigenvalue weighted by Gasteiger charge is 2.48. The third kappa shape index (κ3) is 5.63. The normalized spacial score (nSPS) is 16.5. The molecular weight excluding hydrogens is 566 g/mol. The van der Waals surface area contributed by atoms with Crippen molar-refractivity contribution in [1.29, 1.82) is 0 Å². The van der Waals surface area contributed by atoms with E-state index in [1.165, 1.54) is 28.0 Å². The Morgan fingerprint density at radius 2 is 1.75 bits per heavy atom. The molecule has 0 spiro atoms. The Labute approximate surface area is 245 Å². The summed E-state index contributed by atoms with van der Waals surface area (Å²) in [5.74, 6) is -0.590. The average molecular weight is 592 g/mol. The molecule has 3 aromatic carbocycles. The SMILES string of the molecule is CCOc1ccc(/C(O)=C2/C(=O)C(=O)N(c3nnc(SCc4ccccc4Cl)s3)C2c2ccc(CC)cc2)cc1. The van der Waals surface area contributed by atoms with Crippen LogP contribution < -0.4 is 9.64 Å². The lowest BCUT2D eigenvalue weighted by Crippen LogP contribution is -2.29. The van der Waals surface area contributed by atoms with Crippen LogP contribution in [0.1, 0.15) is 42.1 Å². The summed E-state index contributed by atoms with van der Waals surface area (Å²) in [4.78, 5) is 28.2. The first kappa shape index (κ1) is 27.9. The fourth-order valence-electron chi connectivity index (χ4n) is 4.43. The van der Waals surface area contributed by atoms with Gasteiger partial charge in [0.05, 0.1) is 18.2 Å². The van der Waals surface area contributed by atoms with E-state index in [1.54, 1.807) is 24.3 Å². The van der Waals surface area contributed by atoms with Crippen molar-refractivity contribution in [3.63, 3.8) is 0 Å². The van der Waals surface area contributed by atoms with E-state index in [0.717, 1.165) is 17.5 Å². The van der Waals surface area contributed by atoms with Crippen LogP contribution in [0.5, 0.6) is 5.75 Å². The van der Waals surface area contributed by atoms with E-state index in [0.29, 0.717) is 38.6 Å². The first-order valence-corrected chi connectivity index (χ1v) is 14.9. The van der Waals surface area contributed by atoms with Crippen molar-refractivity contribution in [3.05, 3.63) is 106 Å². The highest BCUT2D eigenvalue weighted by atomic mass is 35.5. The summed E-state index contributed by atoms with van der Waals surface area (Å²) < 4.78 is 6.13. The van der Waals surface area contributed by atoms with E-state index >= 15 is 0 Å². The number of benzene rings is 3. The first-order chi connectivity index (χ1) is 19.4. The number of anilines is 1. The fraction of sp³-hybridized carbons (Fsp3) is 0.200. The molecule has 1 N–H and O–H groups in total. The smallest absolute Gasteiger partial charge is 0.301 e. The lowest BCUT2D eigenvalue weighted by Gasteiger charge is -2.22. The molecular formula is C30H26ClN3O4S2. The molecule has 1 saturated heterocycles. The van der Waals surface area contributed by atoms with E-state index in [4.69, 9.17) is 16.3 Å². The van der Waals surface area contributed by atoms with Crippen molar-refractivity contribution in [1.82, 2.24) is 10.2 Å². The number of halogens is 1. The molecule has 1 aliphatic rings. The number of hydrogen-bond acceptors (Lipinski definition) is 8. The maximum atomic E-state index is 13.5. The fourth-order valence-corrected chi connectivity index (χ4v) is 6.58. The van der Waals surface area contributed by atoms with Crippen LogP contribution in [-0.4, -0.2) is 33.6 Å². The van der Waals surface area contributed by atoms with Gasteiger partial charge in [-0.3, -0.25) is 14.5 Å². The van der Waals surface area contributed by atoms with Crippen molar-refractivity contribution in [2.45, 2.75) is 36.4 Å². The molecule has 10 heteroatoms. The molecule has 1 fully saturated rings. The maximum absolute atomic E-state index is 13.5. The topological polar surface area (TPSA) is 92.6 Å². The summed E-state index contributed by atoms with van der Waals surface area (Å²) >= 11 is 8.95. The maximum Gasteiger partial charge on any atom is 0.301 e. The van der Waals surface area contributed by atoms with Crippen LogP contribution >= 0.6 is 34.7 Å². The van der Waals surface area contributed by atoms with Crippen LogP contribution in [0.25, 0.3) is 5.76 Å². The predicted molar refractivity (Wildman–Crippen MR) is 159 cm³/mol. The van der Waals surface area contributed by atoms with Gasteiger partial charge in [0, 0.05) is 16.3 Å². The second kappa shape index (κ2) is 12.2. The Kier molecular flexibility index (Phi) is 8.54. The standard InChI is InChI=1S/C30H26ClN3O4S2/c1-3-18-9-11-19(12-10-18)25-24(26(35)20-13-15-22(16-14-20)38-4-2)27(36)28(37)34(25)29-32-33-30(40-29)39-17-21-7-5-6-8-23(21)31/h5-16,25,35H,3-4,17H2,1-2H3/b26-24-. The monoisotopic (exact) mass is 591 g/mol. The number of rotatable bonds is 9. The zero-order valence-corrected chi connectivity index (χ0v) is 24.2. The molecule has 1 aromatic heterocycles. The number of thioether (sulfide) groups is 1. The van der Waals surface area contributed by atoms with Gasteiger partial charge >= 0.3 is 5.91 Å². The van der Waals surface area contributed by atoms with Crippen LogP contribution in [0, 0.1) is 0 Å². The number of aryl methyl sites for hydroxylation is 1. The van der Waals surface area contributed by atoms with E-state index in [-0.39, 0.29) is 16.5 Å². The number of aliphatic hydroxyl groups is 1. The van der Waals surface area contributed by atoms with Gasteiger partial charge < -0.3 is 9.84 Å². The Hall–Kier alpha value is -3.66. The Balaban J connectivity index is 1.53. The predicted octanol–water partition coefficient (Wildman–Crippen LogP) is 7.07. The molecule has 5 rings (SSSR count). The van der Waals surface area contributed by atoms with Crippen molar-refractivity contribution >= 4 is 57.3 Å². The van der Waals surface area contributed by atoms with Gasteiger partial charge in [-0.15, -0.1) is 10.2 Å². The minimum absolute atomic E-state index is 0.00104. The lowest BCUT2D eigenvalue weighted by molar-refractivity contribution is -0.132. The number of Topliss-reactive ketones (excluding diaryl/α,β-unsaturated/α-hetero) is 1. The molecule has 4 aromatic rings. The number of ether oxygens (including phenoxy) is 1. The number of amides is 1. The summed E-state index contributed by atoms with van der Waals surface area (Å²) in [6.45, 7) is 4.44. The molecule has 1 aliphatic heterocycles. The van der Waals surface area contributed by atoms with Gasteiger partial charge in [-0.05, 0) is 60.4 Å². The summed E-state index contributed by atoms with van der Waals surface area (Å²) in [7, 11) is 0. The second-order valence-corrected chi connectivity index (χ2v) is 11.5. The van der Waals surface area contributed by atoms with Gasteiger partial charge in [-0.25, -0.2) is 0 Å². The molecule has 0 aliphatic carbocycles. The summed E-state index contributed by atoms with van der Waals surface area (Å²) in [6.07, 6.45) is 0.842. The zero-order chi connectivity index (χ0) is 28.2. The second-order valence-electron chi connectivity index (χ2n) is 8.95. The van der Waals surface area contributed by atoms with Crippen molar-refractivity contribution in [3.8, 4) is 5.75 Å². The highest BCUT2D eigenvalue weighted by Crippen LogP contribution is 2.44. The largest absolute Gasteiger partial charge is 0.507 e. The van der Waals surface area contributed by atoms with Gasteiger partial charge in [-0.2, -0.15) is 0 Å². The summed E-state index contributed by atoms with van der Waals surface area (Å²) in [5, 5.41) is 20.8. The van der Waals surface area contributed by atoms with E-state index < -0.39 is 17.7 Å². The van der Waals surface area contributed by atoms with E-state index in [1.807, 2.05) is 55.5 Å². The molecule has 0 radical (unpaired) electrons. The van der Waals surface area contributed by atoms with Gasteiger partial charge in [0.15, 0.2) is 4.34 Å². The third-order valence-electron chi connectivity index (χ3n) is 6.50. The zero-order valence-electron chi connectivity index (χ0n) is 21.8. The number of ketones is 1. The molecule has 0 saturated carbocycles. The number of hydrogen-bond donors (Lipinski definition) is 1. The Bertz CT molecular complexity index is 1570. The Morgan fingerprint density at radius 3 is 2.42 bits per heavy atom. The minimum atomic E-state index is -0.869. The lowest BCUT2D eigenvalue weighted by atomic mass is 9.94. The van der Waals surface area contributed by atoms with Crippen molar-refractivity contribution in [2.24, 2.45) is 0 Å². The van der Waals surface area contributed by atoms with Gasteiger partial charge in [0.2, 0.25) is 5.13 Å². The van der Waals surface area contributed by atoms with Gasteiger partial charge in [0.1, 0.15) is 11.5 Å². The molecule has 0 bridgehead atoms.